The zero-order valence-corrected chi connectivity index (χ0v) is 14.7. The number of carbonyl (C=O) groups excluding carboxylic acids is 2. The van der Waals surface area contributed by atoms with Crippen LogP contribution in [0.4, 0.5) is 0 Å². The number of aliphatic carboxylic acids is 1. The Hall–Kier alpha value is -2.37. The van der Waals surface area contributed by atoms with Crippen LogP contribution in [0.25, 0.3) is 0 Å². The average Bonchev–Trinajstić information content (AvgIpc) is 2.93. The standard InChI is InChI=1S/C19H26N2O4/c1-14-6-8-15(9-7-14)13-21-16(10-11-17(21)22)19(25)20-12-4-2-3-5-18(23)24/h6-9,16H,2-5,10-13H2,1H3,(H,20,25)(H,23,24). The summed E-state index contributed by atoms with van der Waals surface area (Å²) < 4.78 is 0. The third-order valence-corrected chi connectivity index (χ3v) is 4.47. The fourth-order valence-electron chi connectivity index (χ4n) is 3.00. The lowest BCUT2D eigenvalue weighted by atomic mass is 10.1. The van der Waals surface area contributed by atoms with Gasteiger partial charge in [0.1, 0.15) is 6.04 Å². The number of hydrogen-bond donors (Lipinski definition) is 2. The summed E-state index contributed by atoms with van der Waals surface area (Å²) in [6.45, 7) is 2.98. The van der Waals surface area contributed by atoms with E-state index in [0.29, 0.717) is 32.4 Å². The summed E-state index contributed by atoms with van der Waals surface area (Å²) in [6.07, 6.45) is 3.25. The van der Waals surface area contributed by atoms with Gasteiger partial charge in [0.15, 0.2) is 0 Å². The third kappa shape index (κ3) is 5.89. The second-order valence-electron chi connectivity index (χ2n) is 6.56. The van der Waals surface area contributed by atoms with E-state index in [4.69, 9.17) is 5.11 Å². The van der Waals surface area contributed by atoms with Crippen molar-refractivity contribution in [1.82, 2.24) is 10.2 Å². The quantitative estimate of drug-likeness (QED) is 0.672. The molecule has 1 unspecified atom stereocenters. The molecule has 1 heterocycles. The second-order valence-corrected chi connectivity index (χ2v) is 6.56. The van der Waals surface area contributed by atoms with Crippen molar-refractivity contribution in [3.05, 3.63) is 35.4 Å². The van der Waals surface area contributed by atoms with Crippen molar-refractivity contribution in [2.24, 2.45) is 0 Å². The smallest absolute Gasteiger partial charge is 0.303 e. The van der Waals surface area contributed by atoms with Gasteiger partial charge in [-0.15, -0.1) is 0 Å². The zero-order valence-electron chi connectivity index (χ0n) is 14.7. The van der Waals surface area contributed by atoms with Gasteiger partial charge in [0.25, 0.3) is 0 Å². The highest BCUT2D eigenvalue weighted by Gasteiger charge is 2.35. The van der Waals surface area contributed by atoms with Gasteiger partial charge in [0.05, 0.1) is 0 Å². The van der Waals surface area contributed by atoms with Crippen LogP contribution in [0.15, 0.2) is 24.3 Å². The number of benzene rings is 1. The molecule has 1 fully saturated rings. The fraction of sp³-hybridized carbons (Fsp3) is 0.526. The van der Waals surface area contributed by atoms with Gasteiger partial charge in [0, 0.05) is 25.9 Å². The number of amides is 2. The lowest BCUT2D eigenvalue weighted by Crippen LogP contribution is -2.44. The number of aryl methyl sites for hydroxylation is 1. The third-order valence-electron chi connectivity index (χ3n) is 4.47. The first kappa shape index (κ1) is 19.0. The lowest BCUT2D eigenvalue weighted by molar-refractivity contribution is -0.137. The molecule has 2 N–H and O–H groups in total. The molecule has 25 heavy (non-hydrogen) atoms. The van der Waals surface area contributed by atoms with Gasteiger partial charge in [-0.3, -0.25) is 14.4 Å². The summed E-state index contributed by atoms with van der Waals surface area (Å²) in [5, 5.41) is 11.5. The van der Waals surface area contributed by atoms with E-state index in [1.54, 1.807) is 4.90 Å². The number of carboxylic acids is 1. The number of nitrogens with one attached hydrogen (secondary N) is 1. The van der Waals surface area contributed by atoms with Gasteiger partial charge < -0.3 is 15.3 Å². The topological polar surface area (TPSA) is 86.7 Å². The maximum Gasteiger partial charge on any atom is 0.303 e. The van der Waals surface area contributed by atoms with Gasteiger partial charge >= 0.3 is 5.97 Å². The van der Waals surface area contributed by atoms with Crippen LogP contribution < -0.4 is 5.32 Å². The van der Waals surface area contributed by atoms with E-state index in [1.165, 1.54) is 0 Å². The molecule has 0 aliphatic carbocycles. The molecule has 1 aliphatic rings. The van der Waals surface area contributed by atoms with Crippen molar-refractivity contribution < 1.29 is 19.5 Å². The Bertz CT molecular complexity index is 612. The average molecular weight is 346 g/mol. The summed E-state index contributed by atoms with van der Waals surface area (Å²) in [4.78, 5) is 36.6. The molecule has 1 aromatic carbocycles. The van der Waals surface area contributed by atoms with E-state index in [2.05, 4.69) is 5.32 Å². The van der Waals surface area contributed by atoms with Crippen molar-refractivity contribution in [3.8, 4) is 0 Å². The maximum absolute atomic E-state index is 12.4. The molecule has 2 rings (SSSR count). The molecule has 1 aliphatic heterocycles. The predicted molar refractivity (Wildman–Crippen MR) is 93.9 cm³/mol. The fourth-order valence-corrected chi connectivity index (χ4v) is 3.00. The van der Waals surface area contributed by atoms with Crippen LogP contribution in [0, 0.1) is 6.92 Å². The Morgan fingerprint density at radius 2 is 1.92 bits per heavy atom. The number of rotatable bonds is 9. The summed E-state index contributed by atoms with van der Waals surface area (Å²) in [5.41, 5.74) is 2.18. The molecular formula is C19H26N2O4. The highest BCUT2D eigenvalue weighted by molar-refractivity contribution is 5.90. The van der Waals surface area contributed by atoms with Crippen LogP contribution in [0.2, 0.25) is 0 Å². The zero-order chi connectivity index (χ0) is 18.2. The van der Waals surface area contributed by atoms with E-state index >= 15 is 0 Å². The summed E-state index contributed by atoms with van der Waals surface area (Å²) in [6, 6.07) is 7.56. The lowest BCUT2D eigenvalue weighted by Gasteiger charge is -2.24. The summed E-state index contributed by atoms with van der Waals surface area (Å²) >= 11 is 0. The van der Waals surface area contributed by atoms with E-state index in [9.17, 15) is 14.4 Å². The number of unbranched alkanes of at least 4 members (excludes halogenated alkanes) is 2. The van der Waals surface area contributed by atoms with Crippen molar-refractivity contribution in [3.63, 3.8) is 0 Å². The van der Waals surface area contributed by atoms with Crippen molar-refractivity contribution in [2.45, 2.75) is 58.0 Å². The molecular weight excluding hydrogens is 320 g/mol. The first-order chi connectivity index (χ1) is 12.0. The van der Waals surface area contributed by atoms with Crippen LogP contribution >= 0.6 is 0 Å². The van der Waals surface area contributed by atoms with Gasteiger partial charge in [-0.25, -0.2) is 0 Å². The molecule has 1 aromatic rings. The van der Waals surface area contributed by atoms with Crippen LogP contribution in [0.3, 0.4) is 0 Å². The second kappa shape index (κ2) is 9.20. The molecule has 0 aromatic heterocycles. The largest absolute Gasteiger partial charge is 0.481 e. The molecule has 0 bridgehead atoms. The minimum absolute atomic E-state index is 0.0159. The van der Waals surface area contributed by atoms with Gasteiger partial charge in [0.2, 0.25) is 11.8 Å². The first-order valence-corrected chi connectivity index (χ1v) is 8.82. The van der Waals surface area contributed by atoms with Crippen molar-refractivity contribution in [2.75, 3.05) is 6.54 Å². The molecule has 0 radical (unpaired) electrons. The molecule has 0 saturated carbocycles. The van der Waals surface area contributed by atoms with E-state index in [-0.39, 0.29) is 18.2 Å². The highest BCUT2D eigenvalue weighted by atomic mass is 16.4. The molecule has 136 valence electrons. The van der Waals surface area contributed by atoms with Crippen molar-refractivity contribution >= 4 is 17.8 Å². The first-order valence-electron chi connectivity index (χ1n) is 8.82. The van der Waals surface area contributed by atoms with Crippen LogP contribution in [-0.2, 0) is 20.9 Å². The monoisotopic (exact) mass is 346 g/mol. The number of carbonyl (C=O) groups is 3. The normalized spacial score (nSPS) is 16.9. The number of hydrogen-bond acceptors (Lipinski definition) is 3. The van der Waals surface area contributed by atoms with Crippen LogP contribution in [0.5, 0.6) is 0 Å². The Labute approximate surface area is 148 Å². The molecule has 1 atom stereocenters. The minimum Gasteiger partial charge on any atom is -0.481 e. The van der Waals surface area contributed by atoms with Crippen molar-refractivity contribution in [1.29, 1.82) is 0 Å². The maximum atomic E-state index is 12.4. The Kier molecular flexibility index (Phi) is 6.98. The van der Waals surface area contributed by atoms with E-state index < -0.39 is 12.0 Å². The van der Waals surface area contributed by atoms with Gasteiger partial charge in [-0.1, -0.05) is 36.2 Å². The molecule has 1 saturated heterocycles. The Morgan fingerprint density at radius 1 is 1.20 bits per heavy atom. The molecule has 6 heteroatoms. The minimum atomic E-state index is -0.791. The Balaban J connectivity index is 1.80. The molecule has 2 amide bonds. The van der Waals surface area contributed by atoms with Crippen LogP contribution in [-0.4, -0.2) is 40.4 Å². The predicted octanol–water partition coefficient (Wildman–Crippen LogP) is 2.25. The highest BCUT2D eigenvalue weighted by Crippen LogP contribution is 2.22. The Morgan fingerprint density at radius 3 is 2.60 bits per heavy atom. The van der Waals surface area contributed by atoms with E-state index in [1.807, 2.05) is 31.2 Å². The summed E-state index contributed by atoms with van der Waals surface area (Å²) in [5.74, 6) is -0.890. The van der Waals surface area contributed by atoms with Crippen LogP contribution in [0.1, 0.15) is 49.7 Å². The number of carboxylic acid groups (broad SMARTS) is 1. The number of likely N-dealkylation sites (tertiary alicyclic amines) is 1. The summed E-state index contributed by atoms with van der Waals surface area (Å²) in [7, 11) is 0. The SMILES string of the molecule is Cc1ccc(CN2C(=O)CCC2C(=O)NCCCCCC(=O)O)cc1. The molecule has 6 nitrogen and oxygen atoms in total. The van der Waals surface area contributed by atoms with E-state index in [0.717, 1.165) is 24.0 Å². The van der Waals surface area contributed by atoms with Gasteiger partial charge in [-0.2, -0.15) is 0 Å². The number of nitrogens with zero attached hydrogens (tertiary/aromatic N) is 1. The van der Waals surface area contributed by atoms with Gasteiger partial charge in [-0.05, 0) is 31.7 Å². The molecule has 0 spiro atoms.